The molecule has 1 amide bonds. The van der Waals surface area contributed by atoms with Gasteiger partial charge in [-0.2, -0.15) is 0 Å². The molecule has 0 atom stereocenters. The first-order chi connectivity index (χ1) is 12.7. The summed E-state index contributed by atoms with van der Waals surface area (Å²) in [6.07, 6.45) is 6.55. The third-order valence-corrected chi connectivity index (χ3v) is 6.53. The topological polar surface area (TPSA) is 41.6 Å². The molecule has 0 unspecified atom stereocenters. The number of nitrogens with one attached hydrogen (secondary N) is 1. The van der Waals surface area contributed by atoms with Gasteiger partial charge in [-0.25, -0.2) is 0 Å². The van der Waals surface area contributed by atoms with E-state index in [1.165, 1.54) is 30.5 Å². The molecule has 1 aliphatic carbocycles. The molecular formula is C22H33ClN2O2. The quantitative estimate of drug-likeness (QED) is 0.834. The molecule has 2 heterocycles. The van der Waals surface area contributed by atoms with Gasteiger partial charge in [0.25, 0.3) is 0 Å². The normalized spacial score (nSPS) is 22.9. The molecule has 1 aromatic rings. The SMILES string of the molecule is Cc1ccc(C2(C(=O)N3CCC(NCC4CC4)CC3)CCOCC2)cc1.Cl. The Hall–Kier alpha value is -1.10. The molecule has 0 bridgehead atoms. The average molecular weight is 393 g/mol. The summed E-state index contributed by atoms with van der Waals surface area (Å²) in [5.41, 5.74) is 2.02. The van der Waals surface area contributed by atoms with Crippen LogP contribution in [0.2, 0.25) is 0 Å². The maximum absolute atomic E-state index is 13.6. The number of benzene rings is 1. The molecule has 3 aliphatic rings. The molecule has 27 heavy (non-hydrogen) atoms. The summed E-state index contributed by atoms with van der Waals surface area (Å²) in [4.78, 5) is 15.7. The Morgan fingerprint density at radius 1 is 1.11 bits per heavy atom. The molecule has 5 heteroatoms. The van der Waals surface area contributed by atoms with E-state index in [0.717, 1.165) is 44.7 Å². The van der Waals surface area contributed by atoms with E-state index in [1.807, 2.05) is 0 Å². The van der Waals surface area contributed by atoms with Gasteiger partial charge in [-0.1, -0.05) is 29.8 Å². The van der Waals surface area contributed by atoms with Gasteiger partial charge in [0.1, 0.15) is 0 Å². The fourth-order valence-corrected chi connectivity index (χ4v) is 4.46. The van der Waals surface area contributed by atoms with Crippen LogP contribution in [0.1, 0.15) is 49.7 Å². The number of carbonyl (C=O) groups excluding carboxylic acids is 1. The monoisotopic (exact) mass is 392 g/mol. The molecule has 1 N–H and O–H groups in total. The van der Waals surface area contributed by atoms with Gasteiger partial charge in [0.15, 0.2) is 0 Å². The molecule has 0 aromatic heterocycles. The number of nitrogens with zero attached hydrogens (tertiary/aromatic N) is 1. The van der Waals surface area contributed by atoms with E-state index >= 15 is 0 Å². The second-order valence-corrected chi connectivity index (χ2v) is 8.48. The van der Waals surface area contributed by atoms with Crippen molar-refractivity contribution in [1.82, 2.24) is 10.2 Å². The maximum Gasteiger partial charge on any atom is 0.233 e. The Bertz CT molecular complexity index is 616. The Balaban J connectivity index is 0.00000210. The second kappa shape index (κ2) is 8.93. The van der Waals surface area contributed by atoms with Crippen molar-refractivity contribution < 1.29 is 9.53 Å². The van der Waals surface area contributed by atoms with Crippen LogP contribution in [-0.2, 0) is 14.9 Å². The Labute approximate surface area is 169 Å². The summed E-state index contributed by atoms with van der Waals surface area (Å²) in [6.45, 7) is 6.40. The van der Waals surface area contributed by atoms with Crippen LogP contribution in [0.5, 0.6) is 0 Å². The van der Waals surface area contributed by atoms with Crippen molar-refractivity contribution in [3.63, 3.8) is 0 Å². The molecule has 1 aromatic carbocycles. The van der Waals surface area contributed by atoms with Crippen molar-refractivity contribution in [1.29, 1.82) is 0 Å². The molecule has 4 nitrogen and oxygen atoms in total. The van der Waals surface area contributed by atoms with Gasteiger partial charge in [0, 0.05) is 32.3 Å². The third kappa shape index (κ3) is 4.67. The molecule has 0 radical (unpaired) electrons. The zero-order valence-corrected chi connectivity index (χ0v) is 17.2. The van der Waals surface area contributed by atoms with Gasteiger partial charge in [-0.15, -0.1) is 12.4 Å². The molecule has 1 saturated carbocycles. The van der Waals surface area contributed by atoms with Crippen molar-refractivity contribution in [2.45, 2.75) is 56.9 Å². The standard InChI is InChI=1S/C22H32N2O2.ClH/c1-17-2-6-19(7-3-17)22(10-14-26-15-11-22)21(25)24-12-8-20(9-13-24)23-16-18-4-5-18;/h2-3,6-7,18,20,23H,4-5,8-16H2,1H3;1H. The number of carbonyl (C=O) groups is 1. The molecule has 150 valence electrons. The number of rotatable bonds is 5. The fourth-order valence-electron chi connectivity index (χ4n) is 4.46. The van der Waals surface area contributed by atoms with Crippen LogP contribution in [0, 0.1) is 12.8 Å². The molecule has 2 saturated heterocycles. The van der Waals surface area contributed by atoms with E-state index in [-0.39, 0.29) is 17.8 Å². The summed E-state index contributed by atoms with van der Waals surface area (Å²) in [6, 6.07) is 9.16. The Kier molecular flexibility index (Phi) is 6.83. The number of piperidine rings is 1. The number of ether oxygens (including phenoxy) is 1. The van der Waals surface area contributed by atoms with Crippen molar-refractivity contribution >= 4 is 18.3 Å². The van der Waals surface area contributed by atoms with Crippen molar-refractivity contribution in [3.8, 4) is 0 Å². The maximum atomic E-state index is 13.6. The van der Waals surface area contributed by atoms with Gasteiger partial charge in [0.2, 0.25) is 5.91 Å². The van der Waals surface area contributed by atoms with Crippen LogP contribution < -0.4 is 5.32 Å². The van der Waals surface area contributed by atoms with Crippen LogP contribution in [0.4, 0.5) is 0 Å². The van der Waals surface area contributed by atoms with Gasteiger partial charge >= 0.3 is 0 Å². The zero-order chi connectivity index (χ0) is 18.0. The highest BCUT2D eigenvalue weighted by Crippen LogP contribution is 2.37. The van der Waals surface area contributed by atoms with Gasteiger partial charge in [0.05, 0.1) is 5.41 Å². The van der Waals surface area contributed by atoms with Gasteiger partial charge in [-0.05, 0) is 63.5 Å². The van der Waals surface area contributed by atoms with Crippen molar-refractivity contribution in [3.05, 3.63) is 35.4 Å². The first-order valence-corrected chi connectivity index (χ1v) is 10.3. The molecule has 2 aliphatic heterocycles. The van der Waals surface area contributed by atoms with Crippen molar-refractivity contribution in [2.75, 3.05) is 32.8 Å². The van der Waals surface area contributed by atoms with E-state index in [2.05, 4.69) is 41.4 Å². The summed E-state index contributed by atoms with van der Waals surface area (Å²) in [7, 11) is 0. The predicted molar refractivity (Wildman–Crippen MR) is 110 cm³/mol. The summed E-state index contributed by atoms with van der Waals surface area (Å²) < 4.78 is 5.60. The Morgan fingerprint density at radius 3 is 2.33 bits per heavy atom. The van der Waals surface area contributed by atoms with Crippen LogP contribution in [0.25, 0.3) is 0 Å². The predicted octanol–water partition coefficient (Wildman–Crippen LogP) is 3.46. The minimum atomic E-state index is -0.389. The first kappa shape index (κ1) is 20.6. The highest BCUT2D eigenvalue weighted by Gasteiger charge is 2.44. The lowest BCUT2D eigenvalue weighted by molar-refractivity contribution is -0.142. The molecule has 4 rings (SSSR count). The minimum Gasteiger partial charge on any atom is -0.381 e. The summed E-state index contributed by atoms with van der Waals surface area (Å²) in [5.74, 6) is 1.24. The molecule has 3 fully saturated rings. The fraction of sp³-hybridized carbons (Fsp3) is 0.682. The zero-order valence-electron chi connectivity index (χ0n) is 16.4. The van der Waals surface area contributed by atoms with E-state index in [1.54, 1.807) is 0 Å². The largest absolute Gasteiger partial charge is 0.381 e. The lowest BCUT2D eigenvalue weighted by Gasteiger charge is -2.42. The third-order valence-electron chi connectivity index (χ3n) is 6.53. The lowest BCUT2D eigenvalue weighted by atomic mass is 9.72. The minimum absolute atomic E-state index is 0. The molecular weight excluding hydrogens is 360 g/mol. The summed E-state index contributed by atoms with van der Waals surface area (Å²) in [5, 5.41) is 3.71. The highest BCUT2D eigenvalue weighted by molar-refractivity contribution is 5.88. The lowest BCUT2D eigenvalue weighted by Crippen LogP contribution is -2.53. The van der Waals surface area contributed by atoms with Crippen LogP contribution >= 0.6 is 12.4 Å². The number of aryl methyl sites for hydroxylation is 1. The van der Waals surface area contributed by atoms with E-state index < -0.39 is 0 Å². The van der Waals surface area contributed by atoms with Crippen LogP contribution in [0.15, 0.2) is 24.3 Å². The Morgan fingerprint density at radius 2 is 1.74 bits per heavy atom. The summed E-state index contributed by atoms with van der Waals surface area (Å²) >= 11 is 0. The number of halogens is 1. The smallest absolute Gasteiger partial charge is 0.233 e. The van der Waals surface area contributed by atoms with Gasteiger partial charge < -0.3 is 15.0 Å². The van der Waals surface area contributed by atoms with Crippen LogP contribution in [-0.4, -0.2) is 49.7 Å². The number of hydrogen-bond acceptors (Lipinski definition) is 3. The number of amides is 1. The van der Waals surface area contributed by atoms with E-state index in [4.69, 9.17) is 4.74 Å². The molecule has 0 spiro atoms. The highest BCUT2D eigenvalue weighted by atomic mass is 35.5. The number of hydrogen-bond donors (Lipinski definition) is 1. The van der Waals surface area contributed by atoms with E-state index in [9.17, 15) is 4.79 Å². The van der Waals surface area contributed by atoms with Crippen molar-refractivity contribution in [2.24, 2.45) is 5.92 Å². The van der Waals surface area contributed by atoms with E-state index in [0.29, 0.717) is 25.2 Å². The van der Waals surface area contributed by atoms with Crippen LogP contribution in [0.3, 0.4) is 0 Å². The first-order valence-electron chi connectivity index (χ1n) is 10.3. The van der Waals surface area contributed by atoms with Gasteiger partial charge in [-0.3, -0.25) is 4.79 Å². The number of likely N-dealkylation sites (tertiary alicyclic amines) is 1. The second-order valence-electron chi connectivity index (χ2n) is 8.48. The average Bonchev–Trinajstić information content (AvgIpc) is 3.52.